The van der Waals surface area contributed by atoms with Crippen LogP contribution in [0.4, 0.5) is 5.82 Å². The fourth-order valence-electron chi connectivity index (χ4n) is 1.84. The van der Waals surface area contributed by atoms with Crippen molar-refractivity contribution in [1.82, 2.24) is 10.3 Å². The third-order valence-electron chi connectivity index (χ3n) is 2.83. The molecule has 0 radical (unpaired) electrons. The van der Waals surface area contributed by atoms with Crippen LogP contribution in [-0.2, 0) is 0 Å². The average Bonchev–Trinajstić information content (AvgIpc) is 2.89. The first-order chi connectivity index (χ1) is 8.70. The summed E-state index contributed by atoms with van der Waals surface area (Å²) in [7, 11) is 1.76. The molecule has 6 heteroatoms. The van der Waals surface area contributed by atoms with Gasteiger partial charge in [-0.2, -0.15) is 11.8 Å². The highest BCUT2D eigenvalue weighted by molar-refractivity contribution is 8.00. The summed E-state index contributed by atoms with van der Waals surface area (Å²) in [4.78, 5) is 16.2. The maximum absolute atomic E-state index is 12.0. The van der Waals surface area contributed by atoms with Crippen molar-refractivity contribution in [3.63, 3.8) is 0 Å². The Morgan fingerprint density at radius 1 is 1.61 bits per heavy atom. The molecule has 1 aromatic heterocycles. The summed E-state index contributed by atoms with van der Waals surface area (Å²) in [6, 6.07) is 3.42. The van der Waals surface area contributed by atoms with E-state index in [-0.39, 0.29) is 11.6 Å². The minimum atomic E-state index is -0.204. The van der Waals surface area contributed by atoms with Crippen molar-refractivity contribution in [1.29, 1.82) is 0 Å². The molecule has 4 nitrogen and oxygen atoms in total. The molecule has 1 saturated heterocycles. The van der Waals surface area contributed by atoms with Crippen LogP contribution in [0.5, 0.6) is 0 Å². The summed E-state index contributed by atoms with van der Waals surface area (Å²) >= 11 is 7.90. The van der Waals surface area contributed by atoms with Crippen LogP contribution in [0.25, 0.3) is 0 Å². The van der Waals surface area contributed by atoms with Gasteiger partial charge in [0.2, 0.25) is 0 Å². The Labute approximate surface area is 116 Å². The Morgan fingerprint density at radius 3 is 3.11 bits per heavy atom. The summed E-state index contributed by atoms with van der Waals surface area (Å²) in [5, 5.41) is 6.70. The number of amides is 1. The molecule has 1 amide bonds. The Kier molecular flexibility index (Phi) is 4.72. The molecular weight excluding hydrogens is 270 g/mol. The Bertz CT molecular complexity index is 435. The standard InChI is InChI=1S/C12H16ClN3OS/c1-14-10-5-4-9(13)11(16-10)12(17)15-7-8-3-2-6-18-8/h4-5,8H,2-3,6-7H2,1H3,(H,14,16)(H,15,17). The largest absolute Gasteiger partial charge is 0.373 e. The number of hydrogen-bond acceptors (Lipinski definition) is 4. The fraction of sp³-hybridized carbons (Fsp3) is 0.500. The molecule has 1 aromatic rings. The van der Waals surface area contributed by atoms with E-state index in [9.17, 15) is 4.79 Å². The number of carbonyl (C=O) groups excluding carboxylic acids is 1. The highest BCUT2D eigenvalue weighted by Crippen LogP contribution is 2.25. The summed E-state index contributed by atoms with van der Waals surface area (Å²) < 4.78 is 0. The maximum Gasteiger partial charge on any atom is 0.271 e. The number of halogens is 1. The molecule has 18 heavy (non-hydrogen) atoms. The second-order valence-corrected chi connectivity index (χ2v) is 5.94. The molecule has 0 aliphatic carbocycles. The number of nitrogens with zero attached hydrogens (tertiary/aromatic N) is 1. The predicted molar refractivity (Wildman–Crippen MR) is 76.6 cm³/mol. The van der Waals surface area contributed by atoms with Crippen LogP contribution in [0.15, 0.2) is 12.1 Å². The Balaban J connectivity index is 1.98. The number of thioether (sulfide) groups is 1. The minimum absolute atomic E-state index is 0.204. The summed E-state index contributed by atoms with van der Waals surface area (Å²) in [5.74, 6) is 1.62. The van der Waals surface area contributed by atoms with E-state index in [2.05, 4.69) is 15.6 Å². The molecule has 1 atom stereocenters. The van der Waals surface area contributed by atoms with Gasteiger partial charge in [-0.1, -0.05) is 11.6 Å². The zero-order chi connectivity index (χ0) is 13.0. The highest BCUT2D eigenvalue weighted by Gasteiger charge is 2.18. The number of anilines is 1. The Morgan fingerprint density at radius 2 is 2.44 bits per heavy atom. The number of nitrogens with one attached hydrogen (secondary N) is 2. The molecule has 0 aromatic carbocycles. The molecule has 2 N–H and O–H groups in total. The molecule has 2 heterocycles. The van der Waals surface area contributed by atoms with Gasteiger partial charge in [0.25, 0.3) is 5.91 Å². The zero-order valence-electron chi connectivity index (χ0n) is 10.2. The van der Waals surface area contributed by atoms with E-state index in [0.717, 1.165) is 0 Å². The SMILES string of the molecule is CNc1ccc(Cl)c(C(=O)NCC2CCCS2)n1. The van der Waals surface area contributed by atoms with Crippen molar-refractivity contribution >= 4 is 35.1 Å². The van der Waals surface area contributed by atoms with Gasteiger partial charge in [0, 0.05) is 18.8 Å². The second kappa shape index (κ2) is 6.29. The van der Waals surface area contributed by atoms with Crippen molar-refractivity contribution in [3.8, 4) is 0 Å². The molecule has 1 aliphatic rings. The predicted octanol–water partition coefficient (Wildman–Crippen LogP) is 2.40. The number of carbonyl (C=O) groups is 1. The van der Waals surface area contributed by atoms with Gasteiger partial charge in [-0.25, -0.2) is 4.98 Å². The quantitative estimate of drug-likeness (QED) is 0.892. The van der Waals surface area contributed by atoms with Gasteiger partial charge in [-0.3, -0.25) is 4.79 Å². The molecule has 1 aliphatic heterocycles. The van der Waals surface area contributed by atoms with E-state index in [0.29, 0.717) is 22.6 Å². The van der Waals surface area contributed by atoms with Crippen molar-refractivity contribution in [2.45, 2.75) is 18.1 Å². The average molecular weight is 286 g/mol. The van der Waals surface area contributed by atoms with Crippen LogP contribution in [-0.4, -0.2) is 35.5 Å². The number of rotatable bonds is 4. The number of pyridine rings is 1. The summed E-state index contributed by atoms with van der Waals surface area (Å²) in [6.45, 7) is 0.686. The molecule has 2 rings (SSSR count). The highest BCUT2D eigenvalue weighted by atomic mass is 35.5. The molecular formula is C12H16ClN3OS. The lowest BCUT2D eigenvalue weighted by molar-refractivity contribution is 0.0949. The normalized spacial score (nSPS) is 18.7. The number of aromatic nitrogens is 1. The van der Waals surface area contributed by atoms with E-state index in [1.165, 1.54) is 18.6 Å². The summed E-state index contributed by atoms with van der Waals surface area (Å²) in [5.41, 5.74) is 0.284. The molecule has 0 bridgehead atoms. The van der Waals surface area contributed by atoms with E-state index < -0.39 is 0 Å². The van der Waals surface area contributed by atoms with Crippen LogP contribution in [0.3, 0.4) is 0 Å². The molecule has 1 unspecified atom stereocenters. The monoisotopic (exact) mass is 285 g/mol. The van der Waals surface area contributed by atoms with Gasteiger partial charge in [-0.05, 0) is 30.7 Å². The first kappa shape index (κ1) is 13.5. The van der Waals surface area contributed by atoms with Crippen LogP contribution in [0.2, 0.25) is 5.02 Å². The van der Waals surface area contributed by atoms with Gasteiger partial charge >= 0.3 is 0 Å². The fourth-order valence-corrected chi connectivity index (χ4v) is 3.23. The molecule has 98 valence electrons. The first-order valence-electron chi connectivity index (χ1n) is 5.95. The van der Waals surface area contributed by atoms with Crippen molar-refractivity contribution < 1.29 is 4.79 Å². The van der Waals surface area contributed by atoms with Crippen LogP contribution < -0.4 is 10.6 Å². The lowest BCUT2D eigenvalue weighted by Crippen LogP contribution is -2.30. The van der Waals surface area contributed by atoms with Gasteiger partial charge in [0.15, 0.2) is 0 Å². The van der Waals surface area contributed by atoms with E-state index in [1.807, 2.05) is 11.8 Å². The third-order valence-corrected chi connectivity index (χ3v) is 4.53. The minimum Gasteiger partial charge on any atom is -0.373 e. The molecule has 0 spiro atoms. The van der Waals surface area contributed by atoms with E-state index in [1.54, 1.807) is 19.2 Å². The van der Waals surface area contributed by atoms with Crippen LogP contribution >= 0.6 is 23.4 Å². The third kappa shape index (κ3) is 3.29. The van der Waals surface area contributed by atoms with Gasteiger partial charge in [0.05, 0.1) is 5.02 Å². The number of hydrogen-bond donors (Lipinski definition) is 2. The van der Waals surface area contributed by atoms with Crippen molar-refractivity contribution in [2.75, 3.05) is 24.7 Å². The van der Waals surface area contributed by atoms with Crippen LogP contribution in [0, 0.1) is 0 Å². The summed E-state index contributed by atoms with van der Waals surface area (Å²) in [6.07, 6.45) is 2.40. The topological polar surface area (TPSA) is 54.0 Å². The van der Waals surface area contributed by atoms with Crippen LogP contribution in [0.1, 0.15) is 23.3 Å². The smallest absolute Gasteiger partial charge is 0.271 e. The molecule has 1 fully saturated rings. The van der Waals surface area contributed by atoms with Crippen molar-refractivity contribution in [3.05, 3.63) is 22.8 Å². The molecule has 0 saturated carbocycles. The first-order valence-corrected chi connectivity index (χ1v) is 7.37. The van der Waals surface area contributed by atoms with Crippen molar-refractivity contribution in [2.24, 2.45) is 0 Å². The Hall–Kier alpha value is -0.940. The van der Waals surface area contributed by atoms with Gasteiger partial charge in [-0.15, -0.1) is 0 Å². The maximum atomic E-state index is 12.0. The van der Waals surface area contributed by atoms with E-state index in [4.69, 9.17) is 11.6 Å². The van der Waals surface area contributed by atoms with Gasteiger partial charge < -0.3 is 10.6 Å². The second-order valence-electron chi connectivity index (χ2n) is 4.12. The van der Waals surface area contributed by atoms with E-state index >= 15 is 0 Å². The lowest BCUT2D eigenvalue weighted by Gasteiger charge is -2.11. The lowest BCUT2D eigenvalue weighted by atomic mass is 10.2. The zero-order valence-corrected chi connectivity index (χ0v) is 11.8. The van der Waals surface area contributed by atoms with Gasteiger partial charge in [0.1, 0.15) is 11.5 Å².